The number of unbranched alkanes of at least 4 members (excludes halogenated alkanes) is 1. The van der Waals surface area contributed by atoms with E-state index in [4.69, 9.17) is 23.8 Å². The summed E-state index contributed by atoms with van der Waals surface area (Å²) in [5.41, 5.74) is -0.488. The van der Waals surface area contributed by atoms with E-state index < -0.39 is 63.1 Å². The normalized spacial score (nSPS) is 32.0. The molecule has 2 aromatic rings. The number of aliphatic carboxylic acids is 1. The van der Waals surface area contributed by atoms with E-state index in [1.807, 2.05) is 6.92 Å². The number of hydrogen-bond acceptors (Lipinski definition) is 6. The second-order valence-corrected chi connectivity index (χ2v) is 8.61. The second-order valence-electron chi connectivity index (χ2n) is 8.61. The van der Waals surface area contributed by atoms with Crippen molar-refractivity contribution < 1.29 is 44.0 Å². The number of ether oxygens (including phenoxy) is 3. The standard InChI is InChI=1S/C29H38N2O6.ClH/c1-4-6-14-30(15-7-5-2)26(32)18-31-17-23(21-10-13-24-25(16-21)37-19-36-24)27(29(33)34)28(31)20-8-11-22(35-3)12-9-20;/h8-13,16,23,27-28H,4-7,14-15,17-19H2,1-3H3,(H,33,34);1H/t23-,27?,28+;/m1./s1/i1D,3D3,15D,17D2,19D2,23D,28D;/t15?,23-,27?,28+;. The number of amides is 1. The summed E-state index contributed by atoms with van der Waals surface area (Å²) in [6.45, 7) is -5.66. The van der Waals surface area contributed by atoms with Crippen molar-refractivity contribution in [3.8, 4) is 17.2 Å². The molecule has 9 heteroatoms. The number of fused-ring (bicyclic) bond motifs is 1. The summed E-state index contributed by atoms with van der Waals surface area (Å²) >= 11 is 0. The fourth-order valence-corrected chi connectivity index (χ4v) is 4.24. The Morgan fingerprint density at radius 2 is 1.95 bits per heavy atom. The van der Waals surface area contributed by atoms with E-state index >= 15 is 0 Å². The maximum Gasteiger partial charge on any atom is 0.309 e. The van der Waals surface area contributed by atoms with Crippen LogP contribution in [0.15, 0.2) is 42.5 Å². The molecule has 1 saturated heterocycles. The Hall–Kier alpha value is -2.97. The van der Waals surface area contributed by atoms with Crippen molar-refractivity contribution in [2.24, 2.45) is 5.92 Å². The molecule has 1 fully saturated rings. The van der Waals surface area contributed by atoms with Gasteiger partial charge in [0.1, 0.15) is 8.49 Å². The highest BCUT2D eigenvalue weighted by Crippen LogP contribution is 2.47. The van der Waals surface area contributed by atoms with E-state index in [0.29, 0.717) is 24.2 Å². The molecule has 208 valence electrons. The molecule has 4 atom stereocenters. The largest absolute Gasteiger partial charge is 0.497 e. The predicted octanol–water partition coefficient (Wildman–Crippen LogP) is 5.12. The van der Waals surface area contributed by atoms with Gasteiger partial charge in [0.25, 0.3) is 0 Å². The summed E-state index contributed by atoms with van der Waals surface area (Å²) in [5.74, 6) is -8.10. The Balaban J connectivity index is 0.00000650. The molecule has 1 amide bonds. The van der Waals surface area contributed by atoms with Gasteiger partial charge < -0.3 is 24.2 Å². The Bertz CT molecular complexity index is 1500. The molecule has 0 spiro atoms. The summed E-state index contributed by atoms with van der Waals surface area (Å²) in [6, 6.07) is 5.43. The minimum atomic E-state index is -3.09. The van der Waals surface area contributed by atoms with Gasteiger partial charge in [-0.15, -0.1) is 12.4 Å². The van der Waals surface area contributed by atoms with E-state index in [1.54, 1.807) is 0 Å². The highest BCUT2D eigenvalue weighted by atomic mass is 35.5. The Morgan fingerprint density at radius 3 is 2.66 bits per heavy atom. The molecule has 0 bridgehead atoms. The molecule has 2 unspecified atom stereocenters. The van der Waals surface area contributed by atoms with Gasteiger partial charge in [-0.3, -0.25) is 14.5 Å². The molecule has 2 aliphatic rings. The van der Waals surface area contributed by atoms with Crippen LogP contribution in [0.2, 0.25) is 0 Å². The molecule has 0 saturated carbocycles. The smallest absolute Gasteiger partial charge is 0.309 e. The van der Waals surface area contributed by atoms with Crippen LogP contribution in [-0.2, 0) is 9.59 Å². The number of hydrogen-bond donors (Lipinski definition) is 1. The first-order valence-electron chi connectivity index (χ1n) is 17.8. The average molecular weight is 558 g/mol. The van der Waals surface area contributed by atoms with Gasteiger partial charge in [0, 0.05) is 38.3 Å². The monoisotopic (exact) mass is 557 g/mol. The summed E-state index contributed by atoms with van der Waals surface area (Å²) < 4.78 is 107. The van der Waals surface area contributed by atoms with Crippen LogP contribution in [0.5, 0.6) is 17.2 Å². The SMILES string of the molecule is Cl.[2H]CCCCN(C(=O)CN1C([2H])([2H])[C@]([2H])(c2ccc3c(c2)OC([2H])([2H])O3)C(C(=O)O)[C@]1([2H])c1ccc(OC([2H])([2H])[2H])cc1)C([2H])CCC. The fraction of sp³-hybridized carbons (Fsp3) is 0.517. The van der Waals surface area contributed by atoms with Gasteiger partial charge in [-0.2, -0.15) is 0 Å². The van der Waals surface area contributed by atoms with Crippen molar-refractivity contribution in [2.75, 3.05) is 39.9 Å². The van der Waals surface area contributed by atoms with Crippen molar-refractivity contribution in [3.05, 3.63) is 53.6 Å². The summed E-state index contributed by atoms with van der Waals surface area (Å²) in [7, 11) is -2.83. The number of likely N-dealkylation sites (tertiary alicyclic amines) is 1. The van der Waals surface area contributed by atoms with E-state index in [0.717, 1.165) is 18.2 Å². The Labute approximate surface area is 246 Å². The van der Waals surface area contributed by atoms with Crippen LogP contribution in [0.1, 0.15) is 77.6 Å². The van der Waals surface area contributed by atoms with Crippen molar-refractivity contribution in [1.29, 1.82) is 0 Å². The number of halogens is 1. The zero-order valence-corrected chi connectivity index (χ0v) is 21.8. The van der Waals surface area contributed by atoms with Gasteiger partial charge in [-0.1, -0.05) is 44.9 Å². The van der Waals surface area contributed by atoms with Gasteiger partial charge in [0.2, 0.25) is 12.7 Å². The number of carbonyl (C=O) groups excluding carboxylic acids is 1. The van der Waals surface area contributed by atoms with Gasteiger partial charge in [0.15, 0.2) is 11.5 Å². The van der Waals surface area contributed by atoms with Crippen molar-refractivity contribution in [1.82, 2.24) is 9.80 Å². The first kappa shape index (κ1) is 17.6. The summed E-state index contributed by atoms with van der Waals surface area (Å²) in [4.78, 5) is 29.0. The first-order chi connectivity index (χ1) is 22.2. The molecule has 4 rings (SSSR count). The number of rotatable bonds is 12. The highest BCUT2D eigenvalue weighted by Gasteiger charge is 2.48. The third-order valence-corrected chi connectivity index (χ3v) is 6.08. The Morgan fingerprint density at radius 1 is 1.18 bits per heavy atom. The lowest BCUT2D eigenvalue weighted by Crippen LogP contribution is -2.42. The van der Waals surface area contributed by atoms with E-state index in [-0.39, 0.29) is 60.6 Å². The molecule has 1 N–H and O–H groups in total. The number of carbonyl (C=O) groups is 2. The number of carboxylic acid groups (broad SMARTS) is 1. The van der Waals surface area contributed by atoms with Crippen molar-refractivity contribution in [3.63, 3.8) is 0 Å². The number of methoxy groups -OCH3 is 1. The van der Waals surface area contributed by atoms with Gasteiger partial charge in [-0.25, -0.2) is 0 Å². The van der Waals surface area contributed by atoms with Crippen LogP contribution in [0, 0.1) is 5.92 Å². The van der Waals surface area contributed by atoms with E-state index in [1.165, 1.54) is 29.2 Å². The molecule has 8 nitrogen and oxygen atoms in total. The zero-order chi connectivity index (χ0) is 35.9. The van der Waals surface area contributed by atoms with Crippen LogP contribution in [0.3, 0.4) is 0 Å². The summed E-state index contributed by atoms with van der Waals surface area (Å²) in [5, 5.41) is 10.7. The lowest BCUT2D eigenvalue weighted by Gasteiger charge is -2.30. The molecule has 0 aromatic heterocycles. The molecule has 0 radical (unpaired) electrons. The number of benzene rings is 2. The maximum atomic E-state index is 14.0. The quantitative estimate of drug-likeness (QED) is 0.362. The molecule has 2 aliphatic heterocycles. The average Bonchev–Trinajstić information content (AvgIpc) is 3.36. The van der Waals surface area contributed by atoms with Crippen LogP contribution >= 0.6 is 12.4 Å². The fourth-order valence-electron chi connectivity index (χ4n) is 4.24. The minimum absolute atomic E-state index is 0. The third kappa shape index (κ3) is 6.53. The zero-order valence-electron chi connectivity index (χ0n) is 31.9. The predicted molar refractivity (Wildman–Crippen MR) is 147 cm³/mol. The molecule has 2 heterocycles. The van der Waals surface area contributed by atoms with E-state index in [2.05, 4.69) is 0 Å². The number of nitrogens with zero attached hydrogens (tertiary/aromatic N) is 2. The minimum Gasteiger partial charge on any atom is -0.497 e. The van der Waals surface area contributed by atoms with Crippen LogP contribution in [0.4, 0.5) is 0 Å². The summed E-state index contributed by atoms with van der Waals surface area (Å²) in [6.07, 6.45) is 1.64. The van der Waals surface area contributed by atoms with Crippen molar-refractivity contribution >= 4 is 24.3 Å². The topological polar surface area (TPSA) is 88.5 Å². The van der Waals surface area contributed by atoms with Gasteiger partial charge in [0.05, 0.1) is 25.0 Å². The lowest BCUT2D eigenvalue weighted by molar-refractivity contribution is -0.144. The lowest BCUT2D eigenvalue weighted by atomic mass is 9.82. The van der Waals surface area contributed by atoms with Gasteiger partial charge >= 0.3 is 5.97 Å². The Kier molecular flexibility index (Phi) is 6.35. The van der Waals surface area contributed by atoms with Crippen molar-refractivity contribution in [2.45, 2.75) is 51.4 Å². The molecular weight excluding hydrogens is 508 g/mol. The van der Waals surface area contributed by atoms with Crippen LogP contribution < -0.4 is 14.2 Å². The molecule has 2 aromatic carbocycles. The third-order valence-electron chi connectivity index (χ3n) is 6.08. The highest BCUT2D eigenvalue weighted by molar-refractivity contribution is 5.85. The second kappa shape index (κ2) is 13.7. The van der Waals surface area contributed by atoms with Crippen LogP contribution in [0.25, 0.3) is 0 Å². The molecule has 38 heavy (non-hydrogen) atoms. The molecule has 0 aliphatic carbocycles. The molecular formula is C29H39ClN2O6. The van der Waals surface area contributed by atoms with E-state index in [9.17, 15) is 20.2 Å². The van der Waals surface area contributed by atoms with Gasteiger partial charge in [-0.05, 0) is 48.2 Å². The number of carboxylic acids is 1. The first-order valence-corrected chi connectivity index (χ1v) is 12.1. The maximum absolute atomic E-state index is 14.0. The van der Waals surface area contributed by atoms with Crippen LogP contribution in [-0.4, -0.2) is 66.7 Å².